The molecular formula is C21H26N4O3S. The number of aromatic nitrogens is 3. The number of aryl methyl sites for hydroxylation is 1. The molecule has 0 saturated carbocycles. The van der Waals surface area contributed by atoms with Gasteiger partial charge in [-0.2, -0.15) is 0 Å². The van der Waals surface area contributed by atoms with Crippen LogP contribution in [0.1, 0.15) is 26.0 Å². The lowest BCUT2D eigenvalue weighted by atomic mass is 10.1. The van der Waals surface area contributed by atoms with Crippen LogP contribution in [0.2, 0.25) is 0 Å². The highest BCUT2D eigenvalue weighted by Crippen LogP contribution is 2.24. The van der Waals surface area contributed by atoms with Crippen LogP contribution < -0.4 is 15.6 Å². The van der Waals surface area contributed by atoms with Crippen molar-refractivity contribution in [2.24, 2.45) is 5.92 Å². The van der Waals surface area contributed by atoms with Gasteiger partial charge in [0.1, 0.15) is 11.3 Å². The van der Waals surface area contributed by atoms with E-state index in [9.17, 15) is 9.59 Å². The fraction of sp³-hybridized carbons (Fsp3) is 0.381. The number of aromatic amines is 1. The monoisotopic (exact) mass is 414 g/mol. The molecule has 0 bridgehead atoms. The Morgan fingerprint density at radius 1 is 1.34 bits per heavy atom. The van der Waals surface area contributed by atoms with Crippen LogP contribution >= 0.6 is 11.8 Å². The van der Waals surface area contributed by atoms with Crippen LogP contribution in [0, 0.1) is 12.8 Å². The minimum atomic E-state index is -0.186. The van der Waals surface area contributed by atoms with Gasteiger partial charge in [-0.05, 0) is 37.5 Å². The lowest BCUT2D eigenvalue weighted by Gasteiger charge is -2.13. The molecule has 0 aliphatic rings. The number of benzene rings is 1. The molecule has 2 aromatic heterocycles. The summed E-state index contributed by atoms with van der Waals surface area (Å²) in [4.78, 5) is 33.2. The summed E-state index contributed by atoms with van der Waals surface area (Å²) in [5.41, 5.74) is 2.53. The van der Waals surface area contributed by atoms with Gasteiger partial charge in [-0.25, -0.2) is 4.98 Å². The molecule has 0 atom stereocenters. The summed E-state index contributed by atoms with van der Waals surface area (Å²) in [6.45, 7) is 6.69. The van der Waals surface area contributed by atoms with Crippen molar-refractivity contribution in [3.05, 3.63) is 46.4 Å². The summed E-state index contributed by atoms with van der Waals surface area (Å²) < 4.78 is 6.93. The smallest absolute Gasteiger partial charge is 0.278 e. The molecule has 7 nitrogen and oxygen atoms in total. The van der Waals surface area contributed by atoms with E-state index in [-0.39, 0.29) is 17.2 Å². The molecule has 2 N–H and O–H groups in total. The number of para-hydroxylation sites is 2. The third-order valence-corrected chi connectivity index (χ3v) is 5.46. The average molecular weight is 415 g/mol. The summed E-state index contributed by atoms with van der Waals surface area (Å²) in [6.07, 6.45) is 0.855. The first kappa shape index (κ1) is 21.0. The zero-order chi connectivity index (χ0) is 21.0. The third-order valence-electron chi connectivity index (χ3n) is 4.48. The number of ether oxygens (including phenoxy) is 1. The van der Waals surface area contributed by atoms with E-state index in [0.717, 1.165) is 12.1 Å². The molecule has 0 radical (unpaired) electrons. The average Bonchev–Trinajstić information content (AvgIpc) is 3.06. The van der Waals surface area contributed by atoms with E-state index >= 15 is 0 Å². The zero-order valence-corrected chi connectivity index (χ0v) is 17.9. The highest BCUT2D eigenvalue weighted by molar-refractivity contribution is 7.99. The Hall–Kier alpha value is -2.74. The number of anilines is 1. The number of carbonyl (C=O) groups excluding carboxylic acids is 1. The number of nitrogens with one attached hydrogen (secondary N) is 2. The minimum absolute atomic E-state index is 0.101. The van der Waals surface area contributed by atoms with Gasteiger partial charge in [-0.3, -0.25) is 14.2 Å². The summed E-state index contributed by atoms with van der Waals surface area (Å²) in [5.74, 6) is 1.01. The van der Waals surface area contributed by atoms with Crippen molar-refractivity contribution in [2.75, 3.05) is 18.2 Å². The first-order valence-corrected chi connectivity index (χ1v) is 10.5. The number of H-pyrrole nitrogens is 1. The van der Waals surface area contributed by atoms with Gasteiger partial charge in [0.25, 0.3) is 5.56 Å². The van der Waals surface area contributed by atoms with Crippen molar-refractivity contribution in [2.45, 2.75) is 38.9 Å². The van der Waals surface area contributed by atoms with E-state index in [1.165, 1.54) is 11.8 Å². The highest BCUT2D eigenvalue weighted by atomic mass is 32.2. The van der Waals surface area contributed by atoms with Gasteiger partial charge < -0.3 is 15.0 Å². The van der Waals surface area contributed by atoms with Crippen molar-refractivity contribution >= 4 is 34.4 Å². The summed E-state index contributed by atoms with van der Waals surface area (Å²) >= 11 is 1.26. The number of amides is 1. The van der Waals surface area contributed by atoms with Gasteiger partial charge in [-0.1, -0.05) is 37.7 Å². The molecule has 8 heteroatoms. The Kier molecular flexibility index (Phi) is 6.64. The predicted molar refractivity (Wildman–Crippen MR) is 117 cm³/mol. The van der Waals surface area contributed by atoms with Crippen LogP contribution in [0.15, 0.2) is 40.3 Å². The summed E-state index contributed by atoms with van der Waals surface area (Å²) in [6, 6.07) is 9.10. The molecular weight excluding hydrogens is 388 g/mol. The number of thioether (sulfide) groups is 1. The van der Waals surface area contributed by atoms with Crippen molar-refractivity contribution in [3.8, 4) is 5.75 Å². The summed E-state index contributed by atoms with van der Waals surface area (Å²) in [5, 5.41) is 3.40. The van der Waals surface area contributed by atoms with Crippen LogP contribution in [0.3, 0.4) is 0 Å². The molecule has 3 aromatic rings. The number of carbonyl (C=O) groups is 1. The predicted octanol–water partition coefficient (Wildman–Crippen LogP) is 3.82. The van der Waals surface area contributed by atoms with E-state index in [0.29, 0.717) is 40.1 Å². The van der Waals surface area contributed by atoms with Crippen LogP contribution in [0.25, 0.3) is 11.0 Å². The largest absolute Gasteiger partial charge is 0.495 e. The number of hydrogen-bond donors (Lipinski definition) is 2. The van der Waals surface area contributed by atoms with E-state index in [2.05, 4.69) is 29.1 Å². The molecule has 2 heterocycles. The first-order chi connectivity index (χ1) is 13.9. The lowest BCUT2D eigenvalue weighted by molar-refractivity contribution is -0.113. The second-order valence-electron chi connectivity index (χ2n) is 7.28. The van der Waals surface area contributed by atoms with E-state index < -0.39 is 0 Å². The number of fused-ring (bicyclic) bond motifs is 1. The maximum atomic E-state index is 13.0. The van der Waals surface area contributed by atoms with Crippen molar-refractivity contribution < 1.29 is 9.53 Å². The van der Waals surface area contributed by atoms with Gasteiger partial charge in [0, 0.05) is 12.2 Å². The van der Waals surface area contributed by atoms with Crippen LogP contribution in [0.4, 0.5) is 5.69 Å². The molecule has 1 amide bonds. The fourth-order valence-electron chi connectivity index (χ4n) is 2.97. The first-order valence-electron chi connectivity index (χ1n) is 9.55. The van der Waals surface area contributed by atoms with Gasteiger partial charge >= 0.3 is 0 Å². The standard InChI is InChI=1S/C21H26N4O3S/c1-13(2)9-10-25-20(27)19-16(11-14(3)22-19)24-21(25)29-12-18(26)23-15-7-5-6-8-17(15)28-4/h5-8,11,13,22H,9-10,12H2,1-4H3,(H,23,26). The Labute approximate surface area is 173 Å². The third kappa shape index (κ3) is 5.00. The molecule has 0 fully saturated rings. The topological polar surface area (TPSA) is 89.0 Å². The maximum Gasteiger partial charge on any atom is 0.278 e. The van der Waals surface area contributed by atoms with E-state index in [1.54, 1.807) is 23.8 Å². The molecule has 0 aliphatic heterocycles. The van der Waals surface area contributed by atoms with E-state index in [4.69, 9.17) is 4.74 Å². The Morgan fingerprint density at radius 2 is 2.10 bits per heavy atom. The molecule has 29 heavy (non-hydrogen) atoms. The number of rotatable bonds is 8. The number of methoxy groups -OCH3 is 1. The molecule has 1 aromatic carbocycles. The molecule has 0 saturated heterocycles. The highest BCUT2D eigenvalue weighted by Gasteiger charge is 2.16. The quantitative estimate of drug-likeness (QED) is 0.432. The van der Waals surface area contributed by atoms with Crippen molar-refractivity contribution in [1.82, 2.24) is 14.5 Å². The molecule has 3 rings (SSSR count). The van der Waals surface area contributed by atoms with Gasteiger partial charge in [0.05, 0.1) is 24.1 Å². The molecule has 0 aliphatic carbocycles. The molecule has 154 valence electrons. The fourth-order valence-corrected chi connectivity index (χ4v) is 3.80. The number of nitrogens with zero attached hydrogens (tertiary/aromatic N) is 2. The summed E-state index contributed by atoms with van der Waals surface area (Å²) in [7, 11) is 1.56. The maximum absolute atomic E-state index is 13.0. The van der Waals surface area contributed by atoms with Crippen LogP contribution in [-0.2, 0) is 11.3 Å². The Bertz CT molecular complexity index is 1070. The Morgan fingerprint density at radius 3 is 2.83 bits per heavy atom. The van der Waals surface area contributed by atoms with Crippen LogP contribution in [0.5, 0.6) is 5.75 Å². The van der Waals surface area contributed by atoms with Gasteiger partial charge in [0.15, 0.2) is 5.16 Å². The van der Waals surface area contributed by atoms with Gasteiger partial charge in [-0.15, -0.1) is 0 Å². The normalized spacial score (nSPS) is 11.2. The molecule has 0 spiro atoms. The van der Waals surface area contributed by atoms with Crippen LogP contribution in [-0.4, -0.2) is 33.3 Å². The SMILES string of the molecule is COc1ccccc1NC(=O)CSc1nc2cc(C)[nH]c2c(=O)n1CCC(C)C. The molecule has 0 unspecified atom stereocenters. The zero-order valence-electron chi connectivity index (χ0n) is 17.1. The van der Waals surface area contributed by atoms with Crippen molar-refractivity contribution in [3.63, 3.8) is 0 Å². The lowest BCUT2D eigenvalue weighted by Crippen LogP contribution is -2.25. The second-order valence-corrected chi connectivity index (χ2v) is 8.23. The Balaban J connectivity index is 1.81. The second kappa shape index (κ2) is 9.17. The number of hydrogen-bond acceptors (Lipinski definition) is 5. The van der Waals surface area contributed by atoms with Crippen molar-refractivity contribution in [1.29, 1.82) is 0 Å². The van der Waals surface area contributed by atoms with E-state index in [1.807, 2.05) is 25.1 Å². The van der Waals surface area contributed by atoms with Gasteiger partial charge in [0.2, 0.25) is 5.91 Å². The minimum Gasteiger partial charge on any atom is -0.495 e.